The lowest BCUT2D eigenvalue weighted by atomic mass is 10.1. The number of nitrogens with one attached hydrogen (secondary N) is 3. The number of benzene rings is 2. The number of urea groups is 1. The molecule has 0 fully saturated rings. The molecule has 5 N–H and O–H groups in total. The molecule has 0 radical (unpaired) electrons. The Balaban J connectivity index is 0.00000249. The summed E-state index contributed by atoms with van der Waals surface area (Å²) in [6.45, 7) is 4.00. The van der Waals surface area contributed by atoms with Gasteiger partial charge in [0.2, 0.25) is 5.88 Å². The molecular formula is C20H22F6N4O2. The highest BCUT2D eigenvalue weighted by atomic mass is 19.4. The molecule has 0 aromatic heterocycles. The summed E-state index contributed by atoms with van der Waals surface area (Å²) >= 11 is 0. The second-order valence-corrected chi connectivity index (χ2v) is 5.84. The molecule has 1 unspecified atom stereocenters. The number of hydrogen-bond acceptors (Lipinski definition) is 4. The second-order valence-electron chi connectivity index (χ2n) is 5.84. The lowest BCUT2D eigenvalue weighted by Gasteiger charge is -2.21. The predicted molar refractivity (Wildman–Crippen MR) is 107 cm³/mol. The van der Waals surface area contributed by atoms with E-state index in [1.165, 1.54) is 30.3 Å². The molecule has 32 heavy (non-hydrogen) atoms. The van der Waals surface area contributed by atoms with Crippen molar-refractivity contribution in [3.05, 3.63) is 77.8 Å². The monoisotopic (exact) mass is 464 g/mol. The van der Waals surface area contributed by atoms with Crippen molar-refractivity contribution in [1.82, 2.24) is 10.6 Å². The van der Waals surface area contributed by atoms with Crippen LogP contribution in [0.4, 0.5) is 36.8 Å². The van der Waals surface area contributed by atoms with Crippen molar-refractivity contribution < 1.29 is 36.0 Å². The van der Waals surface area contributed by atoms with Crippen molar-refractivity contribution >= 4 is 11.7 Å². The standard InChI is InChI=1S/C18H16F6N4O2.C2H6/c19-17(20,21)12-7-4-8-13(9-12)27-16(29)28-14(30-25)10-26-15(18(22,23)24)11-5-2-1-3-6-11;1-2/h1-10,15,26H,25H2,(H2,27,28,29);1-2H3/b14-10-;. The second kappa shape index (κ2) is 11.8. The van der Waals surface area contributed by atoms with Crippen LogP contribution in [0.3, 0.4) is 0 Å². The largest absolute Gasteiger partial charge is 0.416 e. The Morgan fingerprint density at radius 3 is 2.16 bits per heavy atom. The molecule has 0 aliphatic carbocycles. The average Bonchev–Trinajstić information content (AvgIpc) is 2.74. The van der Waals surface area contributed by atoms with E-state index in [1.807, 2.05) is 24.5 Å². The Labute approximate surface area is 180 Å². The van der Waals surface area contributed by atoms with Crippen molar-refractivity contribution in [2.24, 2.45) is 5.90 Å². The molecule has 2 amide bonds. The van der Waals surface area contributed by atoms with Gasteiger partial charge in [0.05, 0.1) is 11.8 Å². The van der Waals surface area contributed by atoms with Crippen molar-refractivity contribution in [1.29, 1.82) is 0 Å². The van der Waals surface area contributed by atoms with Crippen LogP contribution in [0.2, 0.25) is 0 Å². The Morgan fingerprint density at radius 1 is 1.00 bits per heavy atom. The van der Waals surface area contributed by atoms with Crippen LogP contribution in [0.15, 0.2) is 66.7 Å². The first-order chi connectivity index (χ1) is 15.0. The minimum absolute atomic E-state index is 0.106. The molecule has 2 aromatic carbocycles. The van der Waals surface area contributed by atoms with Gasteiger partial charge in [0.1, 0.15) is 6.04 Å². The van der Waals surface area contributed by atoms with Crippen molar-refractivity contribution in [2.75, 3.05) is 5.32 Å². The number of alkyl halides is 6. The minimum atomic E-state index is -4.68. The third kappa shape index (κ3) is 8.38. The first kappa shape index (κ1) is 26.6. The summed E-state index contributed by atoms with van der Waals surface area (Å²) in [6.07, 6.45) is -8.62. The molecule has 176 valence electrons. The Hall–Kier alpha value is -3.41. The molecule has 0 aliphatic rings. The van der Waals surface area contributed by atoms with Gasteiger partial charge in [0, 0.05) is 5.69 Å². The molecule has 0 heterocycles. The van der Waals surface area contributed by atoms with Gasteiger partial charge >= 0.3 is 18.4 Å². The molecule has 12 heteroatoms. The van der Waals surface area contributed by atoms with E-state index < -0.39 is 35.9 Å². The van der Waals surface area contributed by atoms with Gasteiger partial charge in [-0.2, -0.15) is 32.2 Å². The van der Waals surface area contributed by atoms with Crippen LogP contribution in [-0.2, 0) is 11.0 Å². The van der Waals surface area contributed by atoms with Crippen LogP contribution in [-0.4, -0.2) is 12.2 Å². The number of rotatable bonds is 6. The van der Waals surface area contributed by atoms with Gasteiger partial charge in [0.15, 0.2) is 0 Å². The molecule has 1 atom stereocenters. The maximum atomic E-state index is 13.3. The quantitative estimate of drug-likeness (QED) is 0.261. The zero-order valence-electron chi connectivity index (χ0n) is 17.0. The smallest absolute Gasteiger partial charge is 0.391 e. The first-order valence-corrected chi connectivity index (χ1v) is 9.20. The number of amides is 2. The highest BCUT2D eigenvalue weighted by Crippen LogP contribution is 2.33. The van der Waals surface area contributed by atoms with Crippen molar-refractivity contribution in [3.63, 3.8) is 0 Å². The van der Waals surface area contributed by atoms with Crippen LogP contribution in [0.5, 0.6) is 0 Å². The SMILES string of the molecule is CC.NO/C(=C\NC(c1ccccc1)C(F)(F)F)NC(=O)Nc1cccc(C(F)(F)F)c1. The molecular weight excluding hydrogens is 442 g/mol. The molecule has 0 bridgehead atoms. The van der Waals surface area contributed by atoms with E-state index in [2.05, 4.69) is 10.2 Å². The summed E-state index contributed by atoms with van der Waals surface area (Å²) < 4.78 is 78.0. The third-order valence-corrected chi connectivity index (χ3v) is 3.65. The fraction of sp³-hybridized carbons (Fsp3) is 0.250. The summed E-state index contributed by atoms with van der Waals surface area (Å²) in [7, 11) is 0. The fourth-order valence-electron chi connectivity index (χ4n) is 2.33. The summed E-state index contributed by atoms with van der Waals surface area (Å²) in [6, 6.07) is 7.40. The van der Waals surface area contributed by atoms with Gasteiger partial charge in [-0.3, -0.25) is 5.32 Å². The van der Waals surface area contributed by atoms with Crippen molar-refractivity contribution in [2.45, 2.75) is 32.2 Å². The van der Waals surface area contributed by atoms with E-state index in [-0.39, 0.29) is 11.3 Å². The van der Waals surface area contributed by atoms with E-state index in [0.717, 1.165) is 12.1 Å². The number of anilines is 1. The molecule has 0 spiro atoms. The molecule has 2 aromatic rings. The summed E-state index contributed by atoms with van der Waals surface area (Å²) in [4.78, 5) is 16.2. The summed E-state index contributed by atoms with van der Waals surface area (Å²) in [5, 5.41) is 6.12. The van der Waals surface area contributed by atoms with Crippen molar-refractivity contribution in [3.8, 4) is 0 Å². The van der Waals surface area contributed by atoms with Crippen LogP contribution >= 0.6 is 0 Å². The highest BCUT2D eigenvalue weighted by molar-refractivity contribution is 5.90. The van der Waals surface area contributed by atoms with E-state index >= 15 is 0 Å². The van der Waals surface area contributed by atoms with E-state index in [9.17, 15) is 31.1 Å². The van der Waals surface area contributed by atoms with Gasteiger partial charge in [-0.15, -0.1) is 0 Å². The van der Waals surface area contributed by atoms with Gasteiger partial charge in [-0.05, 0) is 23.8 Å². The Bertz CT molecular complexity index is 886. The Morgan fingerprint density at radius 2 is 1.62 bits per heavy atom. The highest BCUT2D eigenvalue weighted by Gasteiger charge is 2.40. The fourth-order valence-corrected chi connectivity index (χ4v) is 2.33. The van der Waals surface area contributed by atoms with Crippen LogP contribution in [0.25, 0.3) is 0 Å². The van der Waals surface area contributed by atoms with Gasteiger partial charge < -0.3 is 15.5 Å². The molecule has 0 saturated carbocycles. The average molecular weight is 464 g/mol. The zero-order chi connectivity index (χ0) is 24.4. The first-order valence-electron chi connectivity index (χ1n) is 9.20. The summed E-state index contributed by atoms with van der Waals surface area (Å²) in [5.74, 6) is 4.34. The van der Waals surface area contributed by atoms with Gasteiger partial charge in [-0.1, -0.05) is 50.2 Å². The minimum Gasteiger partial charge on any atom is -0.391 e. The normalized spacial score (nSPS) is 12.7. The molecule has 2 rings (SSSR count). The topological polar surface area (TPSA) is 88.4 Å². The molecule has 0 aliphatic heterocycles. The lowest BCUT2D eigenvalue weighted by Crippen LogP contribution is -2.35. The summed E-state index contributed by atoms with van der Waals surface area (Å²) in [5.41, 5.74) is -1.31. The third-order valence-electron chi connectivity index (χ3n) is 3.65. The predicted octanol–water partition coefficient (Wildman–Crippen LogP) is 5.44. The van der Waals surface area contributed by atoms with Gasteiger partial charge in [0.25, 0.3) is 0 Å². The molecule has 0 saturated heterocycles. The maximum absolute atomic E-state index is 13.3. The number of halogens is 6. The van der Waals surface area contributed by atoms with E-state index in [0.29, 0.717) is 12.3 Å². The maximum Gasteiger partial charge on any atom is 0.416 e. The molecule has 6 nitrogen and oxygen atoms in total. The lowest BCUT2D eigenvalue weighted by molar-refractivity contribution is -0.155. The number of nitrogens with two attached hydrogens (primary N) is 1. The van der Waals surface area contributed by atoms with Crippen LogP contribution in [0, 0.1) is 0 Å². The van der Waals surface area contributed by atoms with E-state index in [1.54, 1.807) is 6.07 Å². The number of hydrogen-bond donors (Lipinski definition) is 4. The number of carbonyl (C=O) groups excluding carboxylic acids is 1. The van der Waals surface area contributed by atoms with Gasteiger partial charge in [-0.25, -0.2) is 4.79 Å². The van der Waals surface area contributed by atoms with Crippen LogP contribution < -0.4 is 21.8 Å². The van der Waals surface area contributed by atoms with Crippen LogP contribution in [0.1, 0.15) is 31.0 Å². The Kier molecular flexibility index (Phi) is 9.85. The zero-order valence-corrected chi connectivity index (χ0v) is 17.0. The number of carbonyl (C=O) groups is 1. The van der Waals surface area contributed by atoms with E-state index in [4.69, 9.17) is 5.90 Å².